The van der Waals surface area contributed by atoms with Crippen molar-refractivity contribution >= 4 is 17.5 Å². The third-order valence-electron chi connectivity index (χ3n) is 1.85. The molecular weight excluding hydrogens is 202 g/mol. The molecule has 1 atom stereocenters. The van der Waals surface area contributed by atoms with Crippen LogP contribution in [0.4, 0.5) is 0 Å². The molecule has 4 nitrogen and oxygen atoms in total. The van der Waals surface area contributed by atoms with Gasteiger partial charge in [-0.15, -0.1) is 0 Å². The lowest BCUT2D eigenvalue weighted by Crippen LogP contribution is -2.40. The van der Waals surface area contributed by atoms with Crippen LogP contribution in [0.3, 0.4) is 0 Å². The molecule has 6 heteroatoms. The van der Waals surface area contributed by atoms with Gasteiger partial charge in [0, 0.05) is 19.7 Å². The van der Waals surface area contributed by atoms with E-state index >= 15 is 0 Å². The van der Waals surface area contributed by atoms with E-state index in [9.17, 15) is 4.46 Å². The van der Waals surface area contributed by atoms with Gasteiger partial charge in [-0.2, -0.15) is 0 Å². The van der Waals surface area contributed by atoms with Crippen molar-refractivity contribution in [2.45, 2.75) is 25.6 Å². The zero-order valence-electron chi connectivity index (χ0n) is 8.85. The molecule has 0 saturated carbocycles. The van der Waals surface area contributed by atoms with Gasteiger partial charge in [-0.1, -0.05) is 0 Å². The minimum Gasteiger partial charge on any atom is -0.559 e. The Morgan fingerprint density at radius 1 is 1.54 bits per heavy atom. The molecule has 0 fully saturated rings. The van der Waals surface area contributed by atoms with Gasteiger partial charge < -0.3 is 18.3 Å². The molecular formula is C7H19NO3Si2. The number of rotatable bonds is 7. The second kappa shape index (κ2) is 6.41. The fourth-order valence-corrected chi connectivity index (χ4v) is 5.28. The number of nitrogens with one attached hydrogen (secondary N) is 1. The predicted octanol–water partition coefficient (Wildman–Crippen LogP) is 0.879. The lowest BCUT2D eigenvalue weighted by molar-refractivity contribution is 0.294. The van der Waals surface area contributed by atoms with Crippen molar-refractivity contribution in [1.29, 1.82) is 0 Å². The highest BCUT2D eigenvalue weighted by molar-refractivity contribution is 6.71. The Bertz CT molecular complexity index is 168. The zero-order chi connectivity index (χ0) is 10.3. The van der Waals surface area contributed by atoms with Gasteiger partial charge in [0.25, 0.3) is 0 Å². The molecule has 1 N–H and O–H groups in total. The summed E-state index contributed by atoms with van der Waals surface area (Å²) in [6.45, 7) is 4.50. The standard InChI is InChI=1S/C7H19NO3Si2/c1-8-6-5-7-13(4,10-2)11-12(3)9/h8H,5-7H2,1-4H3. The van der Waals surface area contributed by atoms with E-state index in [0.717, 1.165) is 19.0 Å². The monoisotopic (exact) mass is 221 g/mol. The van der Waals surface area contributed by atoms with Crippen LogP contribution in [0.15, 0.2) is 0 Å². The zero-order valence-corrected chi connectivity index (χ0v) is 10.8. The summed E-state index contributed by atoms with van der Waals surface area (Å²) in [5.74, 6) is 0. The summed E-state index contributed by atoms with van der Waals surface area (Å²) < 4.78 is 21.6. The van der Waals surface area contributed by atoms with Crippen LogP contribution in [0.5, 0.6) is 0 Å². The summed E-state index contributed by atoms with van der Waals surface area (Å²) in [6.07, 6.45) is 1.00. The van der Waals surface area contributed by atoms with Crippen molar-refractivity contribution in [1.82, 2.24) is 5.32 Å². The van der Waals surface area contributed by atoms with E-state index in [4.69, 9.17) is 8.54 Å². The summed E-state index contributed by atoms with van der Waals surface area (Å²) in [6, 6.07) is 0.884. The van der Waals surface area contributed by atoms with Crippen molar-refractivity contribution in [3.63, 3.8) is 0 Å². The maximum Gasteiger partial charge on any atom is 0.486 e. The first-order valence-electron chi connectivity index (χ1n) is 4.43. The van der Waals surface area contributed by atoms with Crippen molar-refractivity contribution in [3.8, 4) is 0 Å². The van der Waals surface area contributed by atoms with E-state index in [1.54, 1.807) is 13.7 Å². The van der Waals surface area contributed by atoms with Gasteiger partial charge >= 0.3 is 17.5 Å². The molecule has 0 radical (unpaired) electrons. The van der Waals surface area contributed by atoms with Crippen molar-refractivity contribution in [3.05, 3.63) is 0 Å². The topological polar surface area (TPSA) is 47.6 Å². The molecule has 0 aromatic heterocycles. The quantitative estimate of drug-likeness (QED) is 0.512. The molecule has 0 spiro atoms. The Balaban J connectivity index is 3.88. The largest absolute Gasteiger partial charge is 0.559 e. The third kappa shape index (κ3) is 6.08. The van der Waals surface area contributed by atoms with Crippen molar-refractivity contribution in [2.24, 2.45) is 0 Å². The highest BCUT2D eigenvalue weighted by Gasteiger charge is 2.32. The lowest BCUT2D eigenvalue weighted by atomic mass is 10.5. The first kappa shape index (κ1) is 13.0. The minimum atomic E-state index is -2.13. The first-order chi connectivity index (χ1) is 6.04. The SMILES string of the molecule is CNCCC[Si](C)(OC)O[Si](C)=O. The fraction of sp³-hybridized carbons (Fsp3) is 1.00. The summed E-state index contributed by atoms with van der Waals surface area (Å²) in [5, 5.41) is 3.06. The number of hydrogen-bond donors (Lipinski definition) is 1. The van der Waals surface area contributed by atoms with Gasteiger partial charge in [0.2, 0.25) is 0 Å². The van der Waals surface area contributed by atoms with E-state index < -0.39 is 17.5 Å². The van der Waals surface area contributed by atoms with Crippen LogP contribution in [0, 0.1) is 0 Å². The molecule has 0 aromatic rings. The van der Waals surface area contributed by atoms with Gasteiger partial charge in [-0.05, 0) is 26.6 Å². The highest BCUT2D eigenvalue weighted by atomic mass is 28.4. The normalized spacial score (nSPS) is 15.1. The molecule has 0 bridgehead atoms. The molecule has 0 rings (SSSR count). The molecule has 0 heterocycles. The molecule has 0 aliphatic carbocycles. The average molecular weight is 221 g/mol. The summed E-state index contributed by atoms with van der Waals surface area (Å²) >= 11 is 0. The third-order valence-corrected chi connectivity index (χ3v) is 6.85. The van der Waals surface area contributed by atoms with E-state index in [-0.39, 0.29) is 0 Å². The minimum absolute atomic E-state index is 0.884. The Labute approximate surface area is 82.7 Å². The van der Waals surface area contributed by atoms with Crippen LogP contribution in [0.25, 0.3) is 0 Å². The van der Waals surface area contributed by atoms with Crippen LogP contribution in [0.1, 0.15) is 6.42 Å². The highest BCUT2D eigenvalue weighted by Crippen LogP contribution is 2.14. The van der Waals surface area contributed by atoms with E-state index in [2.05, 4.69) is 5.32 Å². The van der Waals surface area contributed by atoms with E-state index in [1.807, 2.05) is 13.6 Å². The molecule has 0 aliphatic heterocycles. The maximum absolute atomic E-state index is 11.0. The Hall–Kier alpha value is -0.0462. The predicted molar refractivity (Wildman–Crippen MR) is 55.4 cm³/mol. The van der Waals surface area contributed by atoms with E-state index in [1.165, 1.54) is 0 Å². The van der Waals surface area contributed by atoms with Crippen LogP contribution in [0.2, 0.25) is 19.1 Å². The summed E-state index contributed by atoms with van der Waals surface area (Å²) in [4.78, 5) is 0. The molecule has 1 unspecified atom stereocenters. The Morgan fingerprint density at radius 3 is 2.54 bits per heavy atom. The van der Waals surface area contributed by atoms with Gasteiger partial charge in [0.05, 0.1) is 0 Å². The number of hydrogen-bond acceptors (Lipinski definition) is 4. The molecule has 0 aliphatic rings. The van der Waals surface area contributed by atoms with E-state index in [0.29, 0.717) is 0 Å². The molecule has 0 amide bonds. The molecule has 0 saturated heterocycles. The van der Waals surface area contributed by atoms with Gasteiger partial charge in [-0.25, -0.2) is 0 Å². The van der Waals surface area contributed by atoms with Crippen molar-refractivity contribution in [2.75, 3.05) is 20.7 Å². The van der Waals surface area contributed by atoms with Crippen LogP contribution in [-0.2, 0) is 13.0 Å². The first-order valence-corrected chi connectivity index (χ1v) is 8.77. The van der Waals surface area contributed by atoms with Crippen LogP contribution in [-0.4, -0.2) is 38.2 Å². The Morgan fingerprint density at radius 2 is 2.15 bits per heavy atom. The van der Waals surface area contributed by atoms with Gasteiger partial charge in [0.15, 0.2) is 0 Å². The second-order valence-electron chi connectivity index (χ2n) is 3.14. The molecule has 0 aromatic carbocycles. The maximum atomic E-state index is 11.0. The second-order valence-corrected chi connectivity index (χ2v) is 8.11. The smallest absolute Gasteiger partial charge is 0.486 e. The molecule has 13 heavy (non-hydrogen) atoms. The summed E-state index contributed by atoms with van der Waals surface area (Å²) in [7, 11) is -0.457. The van der Waals surface area contributed by atoms with Crippen LogP contribution < -0.4 is 5.32 Å². The fourth-order valence-electron chi connectivity index (χ4n) is 1.09. The van der Waals surface area contributed by atoms with Gasteiger partial charge in [-0.3, -0.25) is 0 Å². The lowest BCUT2D eigenvalue weighted by Gasteiger charge is -2.24. The Kier molecular flexibility index (Phi) is 6.39. The average Bonchev–Trinajstić information content (AvgIpc) is 2.04. The van der Waals surface area contributed by atoms with Crippen molar-refractivity contribution < 1.29 is 13.0 Å². The summed E-state index contributed by atoms with van der Waals surface area (Å²) in [5.41, 5.74) is 0. The molecule has 78 valence electrons. The van der Waals surface area contributed by atoms with Crippen LogP contribution >= 0.6 is 0 Å². The van der Waals surface area contributed by atoms with Gasteiger partial charge in [0.1, 0.15) is 0 Å².